The second-order valence-corrected chi connectivity index (χ2v) is 6.21. The Morgan fingerprint density at radius 1 is 1.40 bits per heavy atom. The summed E-state index contributed by atoms with van der Waals surface area (Å²) < 4.78 is 10.8. The summed E-state index contributed by atoms with van der Waals surface area (Å²) in [5.41, 5.74) is 1.33. The van der Waals surface area contributed by atoms with Crippen molar-refractivity contribution in [3.05, 3.63) is 29.8 Å². The van der Waals surface area contributed by atoms with E-state index >= 15 is 0 Å². The zero-order valence-corrected chi connectivity index (χ0v) is 13.1. The predicted octanol–water partition coefficient (Wildman–Crippen LogP) is 3.08. The first-order valence-electron chi connectivity index (χ1n) is 7.41. The van der Waals surface area contributed by atoms with Crippen LogP contribution in [-0.4, -0.2) is 38.7 Å². The highest BCUT2D eigenvalue weighted by Gasteiger charge is 2.13. The van der Waals surface area contributed by atoms with Gasteiger partial charge in [0.25, 0.3) is 0 Å². The van der Waals surface area contributed by atoms with Gasteiger partial charge < -0.3 is 14.8 Å². The Morgan fingerprint density at radius 3 is 3.15 bits per heavy atom. The van der Waals surface area contributed by atoms with Crippen molar-refractivity contribution in [3.8, 4) is 0 Å². The molecule has 0 bridgehead atoms. The van der Waals surface area contributed by atoms with Crippen LogP contribution in [0, 0.1) is 0 Å². The van der Waals surface area contributed by atoms with E-state index in [0.29, 0.717) is 6.10 Å². The molecule has 1 aliphatic heterocycles. The maximum absolute atomic E-state index is 5.77. The number of methoxy groups -OCH3 is 1. The first-order chi connectivity index (χ1) is 9.88. The lowest BCUT2D eigenvalue weighted by Gasteiger charge is -2.22. The smallest absolute Gasteiger partial charge is 0.0669 e. The van der Waals surface area contributed by atoms with Gasteiger partial charge in [-0.1, -0.05) is 12.1 Å². The van der Waals surface area contributed by atoms with Crippen molar-refractivity contribution in [2.24, 2.45) is 0 Å². The Balaban J connectivity index is 1.73. The number of hydrogen-bond donors (Lipinski definition) is 1. The van der Waals surface area contributed by atoms with Crippen LogP contribution in [0.2, 0.25) is 0 Å². The average Bonchev–Trinajstić information content (AvgIpc) is 2.51. The summed E-state index contributed by atoms with van der Waals surface area (Å²) in [5, 5.41) is 3.38. The van der Waals surface area contributed by atoms with E-state index in [0.717, 1.165) is 32.1 Å². The molecule has 20 heavy (non-hydrogen) atoms. The third-order valence-electron chi connectivity index (χ3n) is 3.42. The lowest BCUT2D eigenvalue weighted by atomic mass is 10.1. The highest BCUT2D eigenvalue weighted by atomic mass is 32.2. The summed E-state index contributed by atoms with van der Waals surface area (Å²) >= 11 is 1.91. The molecule has 0 spiro atoms. The molecule has 1 saturated heterocycles. The van der Waals surface area contributed by atoms with Crippen LogP contribution in [0.3, 0.4) is 0 Å². The van der Waals surface area contributed by atoms with Gasteiger partial charge in [-0.15, -0.1) is 11.8 Å². The quantitative estimate of drug-likeness (QED) is 0.590. The van der Waals surface area contributed by atoms with Crippen LogP contribution >= 0.6 is 11.8 Å². The molecule has 0 amide bonds. The van der Waals surface area contributed by atoms with Crippen LogP contribution in [0.5, 0.6) is 0 Å². The molecule has 3 nitrogen and oxygen atoms in total. The van der Waals surface area contributed by atoms with Crippen LogP contribution in [0.4, 0.5) is 0 Å². The normalized spacial score (nSPS) is 19.1. The molecule has 1 aromatic carbocycles. The molecule has 0 saturated carbocycles. The molecule has 1 aromatic rings. The van der Waals surface area contributed by atoms with Gasteiger partial charge in [0.15, 0.2) is 0 Å². The molecule has 2 rings (SSSR count). The molecule has 1 N–H and O–H groups in total. The molecular formula is C16H25NO2S. The van der Waals surface area contributed by atoms with E-state index in [4.69, 9.17) is 9.47 Å². The Kier molecular flexibility index (Phi) is 7.44. The SMILES string of the molecule is COCCNCc1cccc(SCC2CCCCO2)c1. The van der Waals surface area contributed by atoms with E-state index in [1.54, 1.807) is 7.11 Å². The van der Waals surface area contributed by atoms with Crippen LogP contribution in [0.25, 0.3) is 0 Å². The molecule has 112 valence electrons. The number of rotatable bonds is 8. The van der Waals surface area contributed by atoms with Crippen LogP contribution < -0.4 is 5.32 Å². The first-order valence-corrected chi connectivity index (χ1v) is 8.40. The van der Waals surface area contributed by atoms with Gasteiger partial charge in [-0.25, -0.2) is 0 Å². The maximum atomic E-state index is 5.77. The number of ether oxygens (including phenoxy) is 2. The van der Waals surface area contributed by atoms with Gasteiger partial charge >= 0.3 is 0 Å². The van der Waals surface area contributed by atoms with Gasteiger partial charge in [-0.2, -0.15) is 0 Å². The van der Waals surface area contributed by atoms with Crippen LogP contribution in [0.1, 0.15) is 24.8 Å². The Morgan fingerprint density at radius 2 is 2.35 bits per heavy atom. The Bertz CT molecular complexity index is 380. The maximum Gasteiger partial charge on any atom is 0.0669 e. The molecule has 0 aliphatic carbocycles. The molecular weight excluding hydrogens is 270 g/mol. The summed E-state index contributed by atoms with van der Waals surface area (Å²) in [4.78, 5) is 1.34. The zero-order chi connectivity index (χ0) is 14.0. The summed E-state index contributed by atoms with van der Waals surface area (Å²) in [7, 11) is 1.73. The van der Waals surface area contributed by atoms with Gasteiger partial charge in [0, 0.05) is 37.5 Å². The summed E-state index contributed by atoms with van der Waals surface area (Å²) in [6, 6.07) is 8.76. The first kappa shape index (κ1) is 15.8. The number of benzene rings is 1. The third-order valence-corrected chi connectivity index (χ3v) is 4.55. The van der Waals surface area contributed by atoms with Gasteiger partial charge in [-0.3, -0.25) is 0 Å². The van der Waals surface area contributed by atoms with Gasteiger partial charge in [0.05, 0.1) is 12.7 Å². The summed E-state index contributed by atoms with van der Waals surface area (Å²) in [6.45, 7) is 3.49. The highest BCUT2D eigenvalue weighted by molar-refractivity contribution is 7.99. The highest BCUT2D eigenvalue weighted by Crippen LogP contribution is 2.24. The minimum Gasteiger partial charge on any atom is -0.383 e. The van der Waals surface area contributed by atoms with Crippen molar-refractivity contribution in [3.63, 3.8) is 0 Å². The van der Waals surface area contributed by atoms with Gasteiger partial charge in [0.2, 0.25) is 0 Å². The van der Waals surface area contributed by atoms with Crippen molar-refractivity contribution in [1.82, 2.24) is 5.32 Å². The predicted molar refractivity (Wildman–Crippen MR) is 84.3 cm³/mol. The fourth-order valence-corrected chi connectivity index (χ4v) is 3.33. The summed E-state index contributed by atoms with van der Waals surface area (Å²) in [5.74, 6) is 1.07. The van der Waals surface area contributed by atoms with Gasteiger partial charge in [-0.05, 0) is 37.0 Å². The summed E-state index contributed by atoms with van der Waals surface area (Å²) in [6.07, 6.45) is 4.20. The van der Waals surface area contributed by atoms with Crippen molar-refractivity contribution >= 4 is 11.8 Å². The minimum absolute atomic E-state index is 0.442. The Hall–Kier alpha value is -0.550. The second kappa shape index (κ2) is 9.40. The average molecular weight is 295 g/mol. The minimum atomic E-state index is 0.442. The number of hydrogen-bond acceptors (Lipinski definition) is 4. The monoisotopic (exact) mass is 295 g/mol. The molecule has 1 atom stereocenters. The molecule has 4 heteroatoms. The molecule has 1 unspecified atom stereocenters. The molecule has 1 aliphatic rings. The van der Waals surface area contributed by atoms with E-state index in [9.17, 15) is 0 Å². The van der Waals surface area contributed by atoms with Crippen molar-refractivity contribution in [2.75, 3.05) is 32.6 Å². The molecule has 0 radical (unpaired) electrons. The van der Waals surface area contributed by atoms with E-state index in [2.05, 4.69) is 29.6 Å². The standard InChI is InChI=1S/C16H25NO2S/c1-18-10-8-17-12-14-5-4-7-16(11-14)20-13-15-6-2-3-9-19-15/h4-5,7,11,15,17H,2-3,6,8-10,12-13H2,1H3. The number of thioether (sulfide) groups is 1. The lowest BCUT2D eigenvalue weighted by molar-refractivity contribution is 0.0315. The fourth-order valence-electron chi connectivity index (χ4n) is 2.28. The van der Waals surface area contributed by atoms with Crippen LogP contribution in [0.15, 0.2) is 29.2 Å². The van der Waals surface area contributed by atoms with E-state index in [-0.39, 0.29) is 0 Å². The lowest BCUT2D eigenvalue weighted by Crippen LogP contribution is -2.21. The van der Waals surface area contributed by atoms with Crippen molar-refractivity contribution < 1.29 is 9.47 Å². The molecule has 1 fully saturated rings. The molecule has 1 heterocycles. The fraction of sp³-hybridized carbons (Fsp3) is 0.625. The van der Waals surface area contributed by atoms with E-state index in [1.807, 2.05) is 11.8 Å². The van der Waals surface area contributed by atoms with Gasteiger partial charge in [0.1, 0.15) is 0 Å². The third kappa shape index (κ3) is 5.83. The number of nitrogens with one attached hydrogen (secondary N) is 1. The van der Waals surface area contributed by atoms with E-state index in [1.165, 1.54) is 29.7 Å². The Labute approximate surface area is 126 Å². The van der Waals surface area contributed by atoms with Crippen molar-refractivity contribution in [2.45, 2.75) is 36.8 Å². The second-order valence-electron chi connectivity index (χ2n) is 5.12. The van der Waals surface area contributed by atoms with Crippen molar-refractivity contribution in [1.29, 1.82) is 0 Å². The molecule has 0 aromatic heterocycles. The topological polar surface area (TPSA) is 30.5 Å². The largest absolute Gasteiger partial charge is 0.383 e. The van der Waals surface area contributed by atoms with Crippen LogP contribution in [-0.2, 0) is 16.0 Å². The van der Waals surface area contributed by atoms with E-state index < -0.39 is 0 Å². The zero-order valence-electron chi connectivity index (χ0n) is 12.3.